The summed E-state index contributed by atoms with van der Waals surface area (Å²) < 4.78 is 10.4. The molecule has 0 spiro atoms. The van der Waals surface area contributed by atoms with E-state index in [1.807, 2.05) is 36.4 Å². The SMILES string of the molecule is COC(=O)c1ccc(N/C=C(/C#N)C(=O)Nc2ccc(Oc3ccccc3)cc2)cc1. The van der Waals surface area contributed by atoms with Gasteiger partial charge in [0.05, 0.1) is 12.7 Å². The second kappa shape index (κ2) is 10.3. The van der Waals surface area contributed by atoms with Crippen molar-refractivity contribution in [3.05, 3.63) is 96.2 Å². The summed E-state index contributed by atoms with van der Waals surface area (Å²) in [6, 6.07) is 24.4. The van der Waals surface area contributed by atoms with Gasteiger partial charge in [0, 0.05) is 17.6 Å². The number of carbonyl (C=O) groups excluding carboxylic acids is 2. The van der Waals surface area contributed by atoms with Crippen LogP contribution in [0.1, 0.15) is 10.4 Å². The van der Waals surface area contributed by atoms with Crippen LogP contribution in [0.15, 0.2) is 90.6 Å². The average Bonchev–Trinajstić information content (AvgIpc) is 2.81. The summed E-state index contributed by atoms with van der Waals surface area (Å²) in [6.07, 6.45) is 1.30. The number of rotatable bonds is 7. The number of para-hydroxylation sites is 1. The third-order valence-electron chi connectivity index (χ3n) is 4.15. The number of amides is 1. The number of carbonyl (C=O) groups is 2. The third kappa shape index (κ3) is 5.95. The molecule has 0 aromatic heterocycles. The minimum atomic E-state index is -0.557. The van der Waals surface area contributed by atoms with Crippen LogP contribution < -0.4 is 15.4 Å². The fraction of sp³-hybridized carbons (Fsp3) is 0.0417. The molecule has 31 heavy (non-hydrogen) atoms. The van der Waals surface area contributed by atoms with Gasteiger partial charge in [0.15, 0.2) is 0 Å². The second-order valence-electron chi connectivity index (χ2n) is 6.28. The Morgan fingerprint density at radius 2 is 1.48 bits per heavy atom. The molecule has 7 heteroatoms. The molecule has 0 aliphatic carbocycles. The molecule has 2 N–H and O–H groups in total. The molecule has 0 saturated heterocycles. The van der Waals surface area contributed by atoms with E-state index < -0.39 is 11.9 Å². The molecular weight excluding hydrogens is 394 g/mol. The topological polar surface area (TPSA) is 100 Å². The van der Waals surface area contributed by atoms with Crippen LogP contribution in [0.4, 0.5) is 11.4 Å². The number of ether oxygens (including phenoxy) is 2. The van der Waals surface area contributed by atoms with E-state index in [4.69, 9.17) is 4.74 Å². The summed E-state index contributed by atoms with van der Waals surface area (Å²) in [5.41, 5.74) is 1.42. The Morgan fingerprint density at radius 3 is 2.10 bits per heavy atom. The van der Waals surface area contributed by atoms with Crippen LogP contribution in [0.25, 0.3) is 0 Å². The van der Waals surface area contributed by atoms with Crippen molar-refractivity contribution in [2.45, 2.75) is 0 Å². The molecule has 3 aromatic carbocycles. The van der Waals surface area contributed by atoms with E-state index in [9.17, 15) is 14.9 Å². The number of methoxy groups -OCH3 is 1. The predicted molar refractivity (Wildman–Crippen MR) is 117 cm³/mol. The van der Waals surface area contributed by atoms with Gasteiger partial charge in [-0.05, 0) is 60.7 Å². The van der Waals surface area contributed by atoms with Crippen molar-refractivity contribution >= 4 is 23.3 Å². The number of nitrogens with one attached hydrogen (secondary N) is 2. The highest BCUT2D eigenvalue weighted by Crippen LogP contribution is 2.22. The van der Waals surface area contributed by atoms with Gasteiger partial charge in [-0.2, -0.15) is 5.26 Å². The first-order valence-electron chi connectivity index (χ1n) is 9.28. The molecular formula is C24H19N3O4. The Hall–Kier alpha value is -4.57. The highest BCUT2D eigenvalue weighted by atomic mass is 16.5. The normalized spacial score (nSPS) is 10.5. The van der Waals surface area contributed by atoms with Crippen molar-refractivity contribution in [3.63, 3.8) is 0 Å². The Bertz CT molecular complexity index is 1120. The molecule has 0 atom stereocenters. The first-order chi connectivity index (χ1) is 15.1. The molecule has 0 aliphatic heterocycles. The lowest BCUT2D eigenvalue weighted by Gasteiger charge is -2.08. The zero-order chi connectivity index (χ0) is 22.1. The van der Waals surface area contributed by atoms with E-state index in [2.05, 4.69) is 15.4 Å². The minimum absolute atomic E-state index is 0.110. The summed E-state index contributed by atoms with van der Waals surface area (Å²) in [5, 5.41) is 14.8. The first-order valence-corrected chi connectivity index (χ1v) is 9.28. The maximum absolute atomic E-state index is 12.4. The number of hydrogen-bond donors (Lipinski definition) is 2. The van der Waals surface area contributed by atoms with E-state index in [1.165, 1.54) is 13.3 Å². The lowest BCUT2D eigenvalue weighted by atomic mass is 10.2. The van der Waals surface area contributed by atoms with E-state index in [1.54, 1.807) is 48.5 Å². The van der Waals surface area contributed by atoms with Gasteiger partial charge in [0.25, 0.3) is 5.91 Å². The van der Waals surface area contributed by atoms with Crippen molar-refractivity contribution in [1.82, 2.24) is 0 Å². The number of hydrogen-bond acceptors (Lipinski definition) is 6. The molecule has 0 bridgehead atoms. The van der Waals surface area contributed by atoms with Gasteiger partial charge >= 0.3 is 5.97 Å². The standard InChI is InChI=1S/C24H19N3O4/c1-30-24(29)17-7-9-19(10-8-17)26-16-18(15-25)23(28)27-20-11-13-22(14-12-20)31-21-5-3-2-4-6-21/h2-14,16,26H,1H3,(H,27,28)/b18-16-. The smallest absolute Gasteiger partial charge is 0.337 e. The molecule has 0 unspecified atom stereocenters. The van der Waals surface area contributed by atoms with Gasteiger partial charge in [-0.15, -0.1) is 0 Å². The molecule has 0 saturated carbocycles. The average molecular weight is 413 g/mol. The lowest BCUT2D eigenvalue weighted by Crippen LogP contribution is -2.14. The van der Waals surface area contributed by atoms with Crippen LogP contribution in [-0.4, -0.2) is 19.0 Å². The third-order valence-corrected chi connectivity index (χ3v) is 4.15. The summed E-state index contributed by atoms with van der Waals surface area (Å²) in [7, 11) is 1.30. The van der Waals surface area contributed by atoms with Gasteiger partial charge in [0.2, 0.25) is 0 Å². The maximum Gasteiger partial charge on any atom is 0.337 e. The van der Waals surface area contributed by atoms with Gasteiger partial charge in [0.1, 0.15) is 23.1 Å². The van der Waals surface area contributed by atoms with Crippen molar-refractivity contribution in [2.24, 2.45) is 0 Å². The number of anilines is 2. The molecule has 0 heterocycles. The quantitative estimate of drug-likeness (QED) is 0.330. The fourth-order valence-electron chi connectivity index (χ4n) is 2.55. The van der Waals surface area contributed by atoms with Crippen LogP contribution in [0.2, 0.25) is 0 Å². The minimum Gasteiger partial charge on any atom is -0.465 e. The molecule has 0 radical (unpaired) electrons. The van der Waals surface area contributed by atoms with Gasteiger partial charge < -0.3 is 20.1 Å². The maximum atomic E-state index is 12.4. The Labute approximate surface area is 179 Å². The van der Waals surface area contributed by atoms with E-state index in [0.29, 0.717) is 28.4 Å². The zero-order valence-corrected chi connectivity index (χ0v) is 16.7. The van der Waals surface area contributed by atoms with Crippen molar-refractivity contribution in [2.75, 3.05) is 17.7 Å². The molecule has 0 aliphatic rings. The monoisotopic (exact) mass is 413 g/mol. The van der Waals surface area contributed by atoms with E-state index in [0.717, 1.165) is 0 Å². The zero-order valence-electron chi connectivity index (χ0n) is 16.7. The largest absolute Gasteiger partial charge is 0.465 e. The van der Waals surface area contributed by atoms with Crippen molar-refractivity contribution in [3.8, 4) is 17.6 Å². The molecule has 3 aromatic rings. The lowest BCUT2D eigenvalue weighted by molar-refractivity contribution is -0.112. The second-order valence-corrected chi connectivity index (χ2v) is 6.28. The molecule has 3 rings (SSSR count). The van der Waals surface area contributed by atoms with Gasteiger partial charge in [-0.1, -0.05) is 18.2 Å². The number of benzene rings is 3. The number of nitriles is 1. The summed E-state index contributed by atoms with van der Waals surface area (Å²) in [4.78, 5) is 23.8. The molecule has 1 amide bonds. The molecule has 0 fully saturated rings. The van der Waals surface area contributed by atoms with Crippen LogP contribution in [0, 0.1) is 11.3 Å². The highest BCUT2D eigenvalue weighted by Gasteiger charge is 2.10. The summed E-state index contributed by atoms with van der Waals surface area (Å²) in [5.74, 6) is 0.328. The van der Waals surface area contributed by atoms with Crippen LogP contribution in [0.3, 0.4) is 0 Å². The summed E-state index contributed by atoms with van der Waals surface area (Å²) >= 11 is 0. The highest BCUT2D eigenvalue weighted by molar-refractivity contribution is 6.06. The van der Waals surface area contributed by atoms with Gasteiger partial charge in [-0.3, -0.25) is 4.79 Å². The van der Waals surface area contributed by atoms with Crippen molar-refractivity contribution in [1.29, 1.82) is 5.26 Å². The van der Waals surface area contributed by atoms with Crippen LogP contribution in [-0.2, 0) is 9.53 Å². The van der Waals surface area contributed by atoms with E-state index in [-0.39, 0.29) is 5.57 Å². The molecule has 154 valence electrons. The number of nitrogens with zero attached hydrogens (tertiary/aromatic N) is 1. The Kier molecular flexibility index (Phi) is 7.01. The number of esters is 1. The van der Waals surface area contributed by atoms with Crippen LogP contribution >= 0.6 is 0 Å². The fourth-order valence-corrected chi connectivity index (χ4v) is 2.55. The molecule has 7 nitrogen and oxygen atoms in total. The summed E-state index contributed by atoms with van der Waals surface area (Å²) in [6.45, 7) is 0. The van der Waals surface area contributed by atoms with Crippen LogP contribution in [0.5, 0.6) is 11.5 Å². The van der Waals surface area contributed by atoms with Gasteiger partial charge in [-0.25, -0.2) is 4.79 Å². The van der Waals surface area contributed by atoms with E-state index >= 15 is 0 Å². The Morgan fingerprint density at radius 1 is 0.871 bits per heavy atom. The van der Waals surface area contributed by atoms with Crippen molar-refractivity contribution < 1.29 is 19.1 Å². The Balaban J connectivity index is 1.60. The first kappa shape index (κ1) is 21.1. The predicted octanol–water partition coefficient (Wildman–Crippen LogP) is 4.72.